The van der Waals surface area contributed by atoms with E-state index in [2.05, 4.69) is 19.9 Å². The molecule has 0 bridgehead atoms. The van der Waals surface area contributed by atoms with Crippen molar-refractivity contribution in [1.82, 2.24) is 19.9 Å². The van der Waals surface area contributed by atoms with Gasteiger partial charge in [-0.15, -0.1) is 0 Å². The van der Waals surface area contributed by atoms with Crippen molar-refractivity contribution in [3.8, 4) is 11.4 Å². The summed E-state index contributed by atoms with van der Waals surface area (Å²) in [5.74, 6) is 0.524. The smallest absolute Gasteiger partial charge is 0.156 e. The highest BCUT2D eigenvalue weighted by molar-refractivity contribution is 6.29. The predicted molar refractivity (Wildman–Crippen MR) is 58.8 cm³/mol. The fourth-order valence-corrected chi connectivity index (χ4v) is 1.42. The van der Waals surface area contributed by atoms with Gasteiger partial charge in [-0.2, -0.15) is 0 Å². The quantitative estimate of drug-likeness (QED) is 0.760. The van der Waals surface area contributed by atoms with Crippen molar-refractivity contribution in [1.29, 1.82) is 0 Å². The Bertz CT molecular complexity index is 478. The fourth-order valence-electron chi connectivity index (χ4n) is 1.22. The molecule has 0 amide bonds. The molecule has 0 spiro atoms. The Balaban J connectivity index is 2.41. The zero-order valence-corrected chi connectivity index (χ0v) is 9.35. The third-order valence-corrected chi connectivity index (χ3v) is 2.03. The Kier molecular flexibility index (Phi) is 3.38. The molecule has 2 heterocycles. The van der Waals surface area contributed by atoms with Crippen molar-refractivity contribution >= 4 is 11.6 Å². The van der Waals surface area contributed by atoms with Gasteiger partial charge in [0.15, 0.2) is 5.82 Å². The van der Waals surface area contributed by atoms with Gasteiger partial charge in [0.25, 0.3) is 0 Å². The molecule has 0 saturated heterocycles. The lowest BCUT2D eigenvalue weighted by Crippen LogP contribution is -1.99. The molecule has 82 valence electrons. The summed E-state index contributed by atoms with van der Waals surface area (Å²) in [6.45, 7) is 0.313. The number of halogens is 1. The van der Waals surface area contributed by atoms with Crippen molar-refractivity contribution < 1.29 is 4.74 Å². The van der Waals surface area contributed by atoms with E-state index in [0.717, 1.165) is 0 Å². The molecule has 0 aliphatic heterocycles. The fraction of sp³-hybridized carbons (Fsp3) is 0.200. The Hall–Kier alpha value is -1.59. The lowest BCUT2D eigenvalue weighted by atomic mass is 10.3. The topological polar surface area (TPSA) is 60.8 Å². The first-order valence-electron chi connectivity index (χ1n) is 4.58. The Labute approximate surface area is 97.5 Å². The molecule has 2 aromatic rings. The van der Waals surface area contributed by atoms with Gasteiger partial charge in [0, 0.05) is 25.6 Å². The van der Waals surface area contributed by atoms with Crippen molar-refractivity contribution in [2.45, 2.75) is 6.61 Å². The highest BCUT2D eigenvalue weighted by Gasteiger charge is 2.06. The lowest BCUT2D eigenvalue weighted by molar-refractivity contribution is 0.178. The van der Waals surface area contributed by atoms with Gasteiger partial charge in [0.05, 0.1) is 11.9 Å². The Morgan fingerprint density at radius 1 is 1.25 bits per heavy atom. The first-order chi connectivity index (χ1) is 7.79. The standard InChI is InChI=1S/C10H9ClN4O/c1-16-6-10-14-7(4-9(11)15-10)8-5-12-2-3-13-8/h2-5H,6H2,1H3. The van der Waals surface area contributed by atoms with Gasteiger partial charge in [0.1, 0.15) is 17.5 Å². The van der Waals surface area contributed by atoms with E-state index in [0.29, 0.717) is 29.0 Å². The lowest BCUT2D eigenvalue weighted by Gasteiger charge is -2.03. The Morgan fingerprint density at radius 2 is 2.12 bits per heavy atom. The van der Waals surface area contributed by atoms with Crippen molar-refractivity contribution in [3.05, 3.63) is 35.6 Å². The van der Waals surface area contributed by atoms with Crippen LogP contribution in [0, 0.1) is 0 Å². The van der Waals surface area contributed by atoms with E-state index in [1.165, 1.54) is 0 Å². The second-order valence-corrected chi connectivity index (χ2v) is 3.40. The van der Waals surface area contributed by atoms with E-state index in [-0.39, 0.29) is 0 Å². The molecular weight excluding hydrogens is 228 g/mol. The monoisotopic (exact) mass is 236 g/mol. The molecular formula is C10H9ClN4O. The van der Waals surface area contributed by atoms with Crippen LogP contribution in [0.5, 0.6) is 0 Å². The van der Waals surface area contributed by atoms with Crippen molar-refractivity contribution in [3.63, 3.8) is 0 Å². The molecule has 0 fully saturated rings. The molecule has 0 unspecified atom stereocenters. The molecule has 6 heteroatoms. The van der Waals surface area contributed by atoms with E-state index in [9.17, 15) is 0 Å². The van der Waals surface area contributed by atoms with E-state index in [1.54, 1.807) is 31.8 Å². The van der Waals surface area contributed by atoms with Gasteiger partial charge in [-0.25, -0.2) is 9.97 Å². The molecule has 2 rings (SSSR count). The van der Waals surface area contributed by atoms with Gasteiger partial charge in [0.2, 0.25) is 0 Å². The van der Waals surface area contributed by atoms with Crippen LogP contribution in [0.4, 0.5) is 0 Å². The van der Waals surface area contributed by atoms with Gasteiger partial charge >= 0.3 is 0 Å². The highest BCUT2D eigenvalue weighted by atomic mass is 35.5. The van der Waals surface area contributed by atoms with Crippen LogP contribution in [0.3, 0.4) is 0 Å². The average molecular weight is 237 g/mol. The molecule has 16 heavy (non-hydrogen) atoms. The van der Waals surface area contributed by atoms with Gasteiger partial charge in [-0.3, -0.25) is 9.97 Å². The summed E-state index contributed by atoms with van der Waals surface area (Å²) < 4.78 is 4.95. The minimum atomic E-state index is 0.313. The van der Waals surface area contributed by atoms with Gasteiger partial charge < -0.3 is 4.74 Å². The molecule has 0 aliphatic carbocycles. The van der Waals surface area contributed by atoms with Crippen LogP contribution in [-0.2, 0) is 11.3 Å². The molecule has 0 atom stereocenters. The van der Waals surface area contributed by atoms with Crippen LogP contribution in [0.25, 0.3) is 11.4 Å². The number of aromatic nitrogens is 4. The summed E-state index contributed by atoms with van der Waals surface area (Å²) in [7, 11) is 1.58. The van der Waals surface area contributed by atoms with E-state index >= 15 is 0 Å². The van der Waals surface area contributed by atoms with Crippen LogP contribution in [0.1, 0.15) is 5.82 Å². The maximum atomic E-state index is 5.88. The number of nitrogens with zero attached hydrogens (tertiary/aromatic N) is 4. The van der Waals surface area contributed by atoms with Gasteiger partial charge in [-0.1, -0.05) is 11.6 Å². The van der Waals surface area contributed by atoms with Crippen LogP contribution >= 0.6 is 11.6 Å². The van der Waals surface area contributed by atoms with Crippen molar-refractivity contribution in [2.75, 3.05) is 7.11 Å². The van der Waals surface area contributed by atoms with Crippen LogP contribution in [-0.4, -0.2) is 27.0 Å². The first-order valence-corrected chi connectivity index (χ1v) is 4.96. The largest absolute Gasteiger partial charge is 0.377 e. The molecule has 2 aromatic heterocycles. The van der Waals surface area contributed by atoms with E-state index in [1.807, 2.05) is 0 Å². The zero-order chi connectivity index (χ0) is 11.4. The highest BCUT2D eigenvalue weighted by Crippen LogP contribution is 2.16. The minimum absolute atomic E-state index is 0.313. The number of hydrogen-bond acceptors (Lipinski definition) is 5. The number of methoxy groups -OCH3 is 1. The molecule has 0 saturated carbocycles. The second-order valence-electron chi connectivity index (χ2n) is 3.02. The SMILES string of the molecule is COCc1nc(Cl)cc(-c2cnccn2)n1. The molecule has 0 aliphatic rings. The second kappa shape index (κ2) is 4.96. The van der Waals surface area contributed by atoms with Gasteiger partial charge in [-0.05, 0) is 0 Å². The minimum Gasteiger partial charge on any atom is -0.377 e. The molecule has 0 radical (unpaired) electrons. The molecule has 0 N–H and O–H groups in total. The van der Waals surface area contributed by atoms with E-state index in [4.69, 9.17) is 16.3 Å². The van der Waals surface area contributed by atoms with Crippen LogP contribution in [0.15, 0.2) is 24.7 Å². The Morgan fingerprint density at radius 3 is 2.81 bits per heavy atom. The predicted octanol–water partition coefficient (Wildman–Crippen LogP) is 1.73. The zero-order valence-electron chi connectivity index (χ0n) is 8.59. The summed E-state index contributed by atoms with van der Waals surface area (Å²) >= 11 is 5.88. The average Bonchev–Trinajstić information content (AvgIpc) is 2.30. The van der Waals surface area contributed by atoms with E-state index < -0.39 is 0 Å². The molecule has 5 nitrogen and oxygen atoms in total. The summed E-state index contributed by atoms with van der Waals surface area (Å²) in [5.41, 5.74) is 1.30. The normalized spacial score (nSPS) is 10.4. The summed E-state index contributed by atoms with van der Waals surface area (Å²) in [6.07, 6.45) is 4.82. The number of hydrogen-bond donors (Lipinski definition) is 0. The van der Waals surface area contributed by atoms with Crippen molar-refractivity contribution in [2.24, 2.45) is 0 Å². The van der Waals surface area contributed by atoms with Crippen LogP contribution in [0.2, 0.25) is 5.15 Å². The molecule has 0 aromatic carbocycles. The number of rotatable bonds is 3. The third kappa shape index (κ3) is 2.50. The number of ether oxygens (including phenoxy) is 1. The summed E-state index contributed by atoms with van der Waals surface area (Å²) in [6, 6.07) is 1.64. The maximum absolute atomic E-state index is 5.88. The van der Waals surface area contributed by atoms with Crippen LogP contribution < -0.4 is 0 Å². The maximum Gasteiger partial charge on any atom is 0.156 e. The summed E-state index contributed by atoms with van der Waals surface area (Å²) in [4.78, 5) is 16.4. The third-order valence-electron chi connectivity index (χ3n) is 1.84. The summed E-state index contributed by atoms with van der Waals surface area (Å²) in [5, 5.41) is 0.364. The first kappa shape index (κ1) is 10.9.